The third-order valence-corrected chi connectivity index (χ3v) is 1.73. The van der Waals surface area contributed by atoms with Crippen LogP contribution in [0.4, 0.5) is 10.1 Å². The van der Waals surface area contributed by atoms with Gasteiger partial charge in [-0.05, 0) is 12.1 Å². The maximum absolute atomic E-state index is 13.0. The van der Waals surface area contributed by atoms with Gasteiger partial charge in [-0.25, -0.2) is 9.37 Å². The predicted molar refractivity (Wildman–Crippen MR) is 52.9 cm³/mol. The number of ether oxygens (including phenoxy) is 1. The molecule has 4 nitrogen and oxygen atoms in total. The molecular formula is C10H8FN3O. The van der Waals surface area contributed by atoms with Gasteiger partial charge < -0.3 is 10.5 Å². The van der Waals surface area contributed by atoms with Crippen molar-refractivity contribution in [2.24, 2.45) is 0 Å². The number of halogens is 1. The van der Waals surface area contributed by atoms with Crippen LogP contribution in [0.15, 0.2) is 36.8 Å². The summed E-state index contributed by atoms with van der Waals surface area (Å²) in [6.45, 7) is 0. The van der Waals surface area contributed by atoms with Crippen LogP contribution in [0.3, 0.4) is 0 Å². The molecule has 76 valence electrons. The molecule has 0 spiro atoms. The first kappa shape index (κ1) is 9.39. The number of benzene rings is 1. The Morgan fingerprint density at radius 3 is 2.80 bits per heavy atom. The molecule has 0 unspecified atom stereocenters. The molecule has 2 rings (SSSR count). The van der Waals surface area contributed by atoms with E-state index in [0.717, 1.165) is 0 Å². The molecule has 1 aromatic carbocycles. The average molecular weight is 205 g/mol. The molecule has 0 aliphatic carbocycles. The van der Waals surface area contributed by atoms with Gasteiger partial charge in [-0.3, -0.25) is 4.98 Å². The Hall–Kier alpha value is -2.17. The number of nitrogens with zero attached hydrogens (tertiary/aromatic N) is 2. The van der Waals surface area contributed by atoms with E-state index in [9.17, 15) is 4.39 Å². The van der Waals surface area contributed by atoms with Gasteiger partial charge in [-0.15, -0.1) is 0 Å². The first-order chi connectivity index (χ1) is 7.25. The van der Waals surface area contributed by atoms with E-state index < -0.39 is 5.82 Å². The van der Waals surface area contributed by atoms with Crippen molar-refractivity contribution >= 4 is 5.69 Å². The van der Waals surface area contributed by atoms with Gasteiger partial charge in [-0.1, -0.05) is 0 Å². The molecule has 5 heteroatoms. The van der Waals surface area contributed by atoms with E-state index in [-0.39, 0.29) is 5.69 Å². The van der Waals surface area contributed by atoms with Gasteiger partial charge in [0.05, 0.1) is 11.9 Å². The lowest BCUT2D eigenvalue weighted by Gasteiger charge is -2.04. The summed E-state index contributed by atoms with van der Waals surface area (Å²) in [4.78, 5) is 7.70. The molecular weight excluding hydrogens is 197 g/mol. The lowest BCUT2D eigenvalue weighted by atomic mass is 10.3. The molecule has 0 aliphatic rings. The van der Waals surface area contributed by atoms with Crippen LogP contribution in [0.25, 0.3) is 0 Å². The van der Waals surface area contributed by atoms with E-state index in [4.69, 9.17) is 10.5 Å². The zero-order chi connectivity index (χ0) is 10.7. The maximum atomic E-state index is 13.0. The van der Waals surface area contributed by atoms with Gasteiger partial charge in [0.2, 0.25) is 5.88 Å². The Bertz CT molecular complexity index is 461. The minimum absolute atomic E-state index is 0.0847. The number of hydrogen-bond donors (Lipinski definition) is 1. The SMILES string of the molecule is Nc1ccc(Oc2cnccn2)cc1F. The second kappa shape index (κ2) is 3.91. The zero-order valence-corrected chi connectivity index (χ0v) is 7.72. The number of nitrogen functional groups attached to an aromatic ring is 1. The van der Waals surface area contributed by atoms with Gasteiger partial charge in [-0.2, -0.15) is 0 Å². The van der Waals surface area contributed by atoms with Gasteiger partial charge >= 0.3 is 0 Å². The van der Waals surface area contributed by atoms with Crippen molar-refractivity contribution in [2.45, 2.75) is 0 Å². The van der Waals surface area contributed by atoms with Crippen LogP contribution in [0, 0.1) is 5.82 Å². The Balaban J connectivity index is 2.22. The van der Waals surface area contributed by atoms with E-state index in [1.54, 1.807) is 6.07 Å². The minimum atomic E-state index is -0.517. The summed E-state index contributed by atoms with van der Waals surface area (Å²) in [5, 5.41) is 0. The molecule has 0 saturated heterocycles. The summed E-state index contributed by atoms with van der Waals surface area (Å²) in [6, 6.07) is 4.19. The summed E-state index contributed by atoms with van der Waals surface area (Å²) in [6.07, 6.45) is 4.45. The number of aromatic nitrogens is 2. The maximum Gasteiger partial charge on any atom is 0.237 e. The summed E-state index contributed by atoms with van der Waals surface area (Å²) < 4.78 is 18.3. The summed E-state index contributed by atoms with van der Waals surface area (Å²) in [5.41, 5.74) is 5.41. The Morgan fingerprint density at radius 2 is 2.13 bits per heavy atom. The normalized spacial score (nSPS) is 9.93. The van der Waals surface area contributed by atoms with E-state index in [0.29, 0.717) is 11.6 Å². The van der Waals surface area contributed by atoms with Crippen molar-refractivity contribution in [1.29, 1.82) is 0 Å². The smallest absolute Gasteiger partial charge is 0.237 e. The second-order valence-electron chi connectivity index (χ2n) is 2.83. The molecule has 0 amide bonds. The van der Waals surface area contributed by atoms with Crippen molar-refractivity contribution in [3.63, 3.8) is 0 Å². The fourth-order valence-corrected chi connectivity index (χ4v) is 1.03. The molecule has 2 N–H and O–H groups in total. The first-order valence-corrected chi connectivity index (χ1v) is 4.24. The molecule has 0 saturated carbocycles. The Kier molecular flexibility index (Phi) is 2.45. The van der Waals surface area contributed by atoms with E-state index in [1.807, 2.05) is 0 Å². The van der Waals surface area contributed by atoms with Crippen LogP contribution in [-0.2, 0) is 0 Å². The van der Waals surface area contributed by atoms with Gasteiger partial charge in [0.25, 0.3) is 0 Å². The standard InChI is InChI=1S/C10H8FN3O/c11-8-5-7(1-2-9(8)12)15-10-6-13-3-4-14-10/h1-6H,12H2. The molecule has 0 fully saturated rings. The number of nitrogens with two attached hydrogens (primary N) is 1. The zero-order valence-electron chi connectivity index (χ0n) is 7.72. The highest BCUT2D eigenvalue weighted by Crippen LogP contribution is 2.21. The molecule has 0 aliphatic heterocycles. The highest BCUT2D eigenvalue weighted by atomic mass is 19.1. The van der Waals surface area contributed by atoms with E-state index in [2.05, 4.69) is 9.97 Å². The monoisotopic (exact) mass is 205 g/mol. The Labute approximate surface area is 85.5 Å². The van der Waals surface area contributed by atoms with Gasteiger partial charge in [0.1, 0.15) is 11.6 Å². The molecule has 0 radical (unpaired) electrons. The van der Waals surface area contributed by atoms with E-state index >= 15 is 0 Å². The predicted octanol–water partition coefficient (Wildman–Crippen LogP) is 1.99. The molecule has 0 bridgehead atoms. The minimum Gasteiger partial charge on any atom is -0.437 e. The molecule has 1 aromatic heterocycles. The quantitative estimate of drug-likeness (QED) is 0.761. The topological polar surface area (TPSA) is 61.0 Å². The highest BCUT2D eigenvalue weighted by molar-refractivity contribution is 5.44. The van der Waals surface area contributed by atoms with Crippen molar-refractivity contribution in [3.8, 4) is 11.6 Å². The lowest BCUT2D eigenvalue weighted by Crippen LogP contribution is -1.92. The molecule has 0 atom stereocenters. The highest BCUT2D eigenvalue weighted by Gasteiger charge is 2.02. The largest absolute Gasteiger partial charge is 0.437 e. The van der Waals surface area contributed by atoms with Crippen molar-refractivity contribution in [2.75, 3.05) is 5.73 Å². The van der Waals surface area contributed by atoms with Crippen LogP contribution in [0.1, 0.15) is 0 Å². The van der Waals surface area contributed by atoms with Crippen molar-refractivity contribution in [1.82, 2.24) is 9.97 Å². The molecule has 1 heterocycles. The van der Waals surface area contributed by atoms with Crippen LogP contribution >= 0.6 is 0 Å². The summed E-state index contributed by atoms with van der Waals surface area (Å²) >= 11 is 0. The second-order valence-corrected chi connectivity index (χ2v) is 2.83. The van der Waals surface area contributed by atoms with Crippen molar-refractivity contribution < 1.29 is 9.13 Å². The number of anilines is 1. The average Bonchev–Trinajstić information content (AvgIpc) is 2.25. The van der Waals surface area contributed by atoms with E-state index in [1.165, 1.54) is 30.7 Å². The number of hydrogen-bond acceptors (Lipinski definition) is 4. The summed E-state index contributed by atoms with van der Waals surface area (Å²) in [5.74, 6) is 0.125. The first-order valence-electron chi connectivity index (χ1n) is 4.24. The fraction of sp³-hybridized carbons (Fsp3) is 0. The van der Waals surface area contributed by atoms with Gasteiger partial charge in [0, 0.05) is 18.5 Å². The lowest BCUT2D eigenvalue weighted by molar-refractivity contribution is 0.456. The van der Waals surface area contributed by atoms with Crippen LogP contribution < -0.4 is 10.5 Å². The fourth-order valence-electron chi connectivity index (χ4n) is 1.03. The van der Waals surface area contributed by atoms with Crippen molar-refractivity contribution in [3.05, 3.63) is 42.6 Å². The molecule has 15 heavy (non-hydrogen) atoms. The molecule has 2 aromatic rings. The Morgan fingerprint density at radius 1 is 1.27 bits per heavy atom. The van der Waals surface area contributed by atoms with Gasteiger partial charge in [0.15, 0.2) is 0 Å². The van der Waals surface area contributed by atoms with Crippen LogP contribution in [0.2, 0.25) is 0 Å². The third kappa shape index (κ3) is 2.19. The third-order valence-electron chi connectivity index (χ3n) is 1.73. The van der Waals surface area contributed by atoms with Crippen LogP contribution in [-0.4, -0.2) is 9.97 Å². The number of rotatable bonds is 2. The van der Waals surface area contributed by atoms with Crippen LogP contribution in [0.5, 0.6) is 11.6 Å². The summed E-state index contributed by atoms with van der Waals surface area (Å²) in [7, 11) is 0.